The fourth-order valence-corrected chi connectivity index (χ4v) is 1.32. The normalized spacial score (nSPS) is 17.9. The summed E-state index contributed by atoms with van der Waals surface area (Å²) >= 11 is 0. The molecule has 0 bridgehead atoms. The summed E-state index contributed by atoms with van der Waals surface area (Å²) in [5.41, 5.74) is 1.16. The van der Waals surface area contributed by atoms with Crippen molar-refractivity contribution in [3.8, 4) is 0 Å². The van der Waals surface area contributed by atoms with Crippen molar-refractivity contribution in [2.24, 2.45) is 5.41 Å². The molecule has 1 fully saturated rings. The highest BCUT2D eigenvalue weighted by molar-refractivity contribution is 5.25. The quantitative estimate of drug-likeness (QED) is 0.748. The molecule has 0 saturated heterocycles. The fraction of sp³-hybridized carbons (Fsp3) is 0.600. The average molecular weight is 193 g/mol. The Labute approximate surface area is 83.4 Å². The van der Waals surface area contributed by atoms with Crippen LogP contribution in [0.25, 0.3) is 0 Å². The number of aromatic nitrogens is 2. The number of hydrogen-bond donors (Lipinski definition) is 2. The van der Waals surface area contributed by atoms with E-state index in [1.54, 1.807) is 12.4 Å². The van der Waals surface area contributed by atoms with E-state index < -0.39 is 0 Å². The Balaban J connectivity index is 1.89. The van der Waals surface area contributed by atoms with Crippen molar-refractivity contribution in [1.29, 1.82) is 0 Å². The highest BCUT2D eigenvalue weighted by atomic mass is 16.3. The Morgan fingerprint density at radius 1 is 1.43 bits per heavy atom. The van der Waals surface area contributed by atoms with Gasteiger partial charge in [-0.05, 0) is 25.3 Å². The minimum absolute atomic E-state index is 0.105. The minimum Gasteiger partial charge on any atom is -0.396 e. The summed E-state index contributed by atoms with van der Waals surface area (Å²) in [6.45, 7) is 2.98. The standard InChI is InChI=1S/C10H15N3O/c1-8-4-11-9(12-5-8)13-6-10(7-14)2-3-10/h4-5,14H,2-3,6-7H2,1H3,(H,11,12,13). The van der Waals surface area contributed by atoms with Crippen LogP contribution in [0.2, 0.25) is 0 Å². The molecule has 1 aliphatic rings. The van der Waals surface area contributed by atoms with Crippen molar-refractivity contribution in [2.75, 3.05) is 18.5 Å². The zero-order valence-corrected chi connectivity index (χ0v) is 8.32. The van der Waals surface area contributed by atoms with Gasteiger partial charge < -0.3 is 10.4 Å². The van der Waals surface area contributed by atoms with Crippen molar-refractivity contribution in [3.63, 3.8) is 0 Å². The van der Waals surface area contributed by atoms with E-state index in [0.29, 0.717) is 5.95 Å². The summed E-state index contributed by atoms with van der Waals surface area (Å²) in [7, 11) is 0. The Bertz CT molecular complexity index is 306. The van der Waals surface area contributed by atoms with Crippen LogP contribution < -0.4 is 5.32 Å². The third kappa shape index (κ3) is 2.01. The van der Waals surface area contributed by atoms with Crippen LogP contribution in [0.1, 0.15) is 18.4 Å². The number of nitrogens with zero attached hydrogens (tertiary/aromatic N) is 2. The molecule has 4 heteroatoms. The van der Waals surface area contributed by atoms with E-state index in [-0.39, 0.29) is 12.0 Å². The van der Waals surface area contributed by atoms with Gasteiger partial charge in [0.1, 0.15) is 0 Å². The van der Waals surface area contributed by atoms with E-state index in [9.17, 15) is 0 Å². The van der Waals surface area contributed by atoms with Gasteiger partial charge in [-0.3, -0.25) is 0 Å². The Morgan fingerprint density at radius 2 is 2.07 bits per heavy atom. The molecule has 0 amide bonds. The molecular weight excluding hydrogens is 178 g/mol. The van der Waals surface area contributed by atoms with Crippen LogP contribution in [-0.4, -0.2) is 28.2 Å². The summed E-state index contributed by atoms with van der Waals surface area (Å²) in [6, 6.07) is 0. The number of aryl methyl sites for hydroxylation is 1. The Kier molecular flexibility index (Phi) is 2.37. The number of aliphatic hydroxyl groups is 1. The van der Waals surface area contributed by atoms with Gasteiger partial charge in [-0.15, -0.1) is 0 Å². The lowest BCUT2D eigenvalue weighted by Gasteiger charge is -2.12. The smallest absolute Gasteiger partial charge is 0.222 e. The van der Waals surface area contributed by atoms with Crippen LogP contribution in [0, 0.1) is 12.3 Å². The van der Waals surface area contributed by atoms with Crippen molar-refractivity contribution in [3.05, 3.63) is 18.0 Å². The van der Waals surface area contributed by atoms with Crippen LogP contribution in [0.15, 0.2) is 12.4 Å². The molecule has 1 heterocycles. The first-order valence-electron chi connectivity index (χ1n) is 4.87. The molecule has 0 spiro atoms. The largest absolute Gasteiger partial charge is 0.396 e. The highest BCUT2D eigenvalue weighted by Gasteiger charge is 2.41. The van der Waals surface area contributed by atoms with Gasteiger partial charge in [-0.2, -0.15) is 0 Å². The minimum atomic E-state index is 0.105. The lowest BCUT2D eigenvalue weighted by molar-refractivity contribution is 0.219. The first-order valence-corrected chi connectivity index (χ1v) is 4.87. The van der Waals surface area contributed by atoms with Gasteiger partial charge >= 0.3 is 0 Å². The number of aliphatic hydroxyl groups excluding tert-OH is 1. The fourth-order valence-electron chi connectivity index (χ4n) is 1.32. The molecule has 0 aromatic carbocycles. The zero-order chi connectivity index (χ0) is 10.0. The SMILES string of the molecule is Cc1cnc(NCC2(CO)CC2)nc1. The van der Waals surface area contributed by atoms with Gasteiger partial charge in [0.2, 0.25) is 5.95 Å². The zero-order valence-electron chi connectivity index (χ0n) is 8.32. The van der Waals surface area contributed by atoms with Crippen LogP contribution in [0.5, 0.6) is 0 Å². The van der Waals surface area contributed by atoms with Crippen molar-refractivity contribution in [2.45, 2.75) is 19.8 Å². The van der Waals surface area contributed by atoms with Gasteiger partial charge in [0.05, 0.1) is 6.61 Å². The van der Waals surface area contributed by atoms with Gasteiger partial charge in [-0.1, -0.05) is 0 Å². The maximum Gasteiger partial charge on any atom is 0.222 e. The van der Waals surface area contributed by atoms with Crippen molar-refractivity contribution in [1.82, 2.24) is 9.97 Å². The van der Waals surface area contributed by atoms with E-state index in [1.807, 2.05) is 6.92 Å². The van der Waals surface area contributed by atoms with Gasteiger partial charge in [0, 0.05) is 24.4 Å². The molecule has 1 aromatic rings. The second-order valence-electron chi connectivity index (χ2n) is 4.10. The monoisotopic (exact) mass is 193 g/mol. The Morgan fingerprint density at radius 3 is 2.57 bits per heavy atom. The molecule has 1 aromatic heterocycles. The maximum atomic E-state index is 9.10. The lowest BCUT2D eigenvalue weighted by Crippen LogP contribution is -2.20. The third-order valence-corrected chi connectivity index (χ3v) is 2.69. The first kappa shape index (κ1) is 9.40. The van der Waals surface area contributed by atoms with Crippen molar-refractivity contribution < 1.29 is 5.11 Å². The molecular formula is C10H15N3O. The molecule has 2 N–H and O–H groups in total. The highest BCUT2D eigenvalue weighted by Crippen LogP contribution is 2.44. The first-order chi connectivity index (χ1) is 6.74. The van der Waals surface area contributed by atoms with E-state index >= 15 is 0 Å². The van der Waals surface area contributed by atoms with Gasteiger partial charge in [-0.25, -0.2) is 9.97 Å². The second-order valence-corrected chi connectivity index (χ2v) is 4.10. The molecule has 0 radical (unpaired) electrons. The molecule has 1 saturated carbocycles. The van der Waals surface area contributed by atoms with Crippen LogP contribution in [0.4, 0.5) is 5.95 Å². The van der Waals surface area contributed by atoms with E-state index in [1.165, 1.54) is 0 Å². The topological polar surface area (TPSA) is 58.0 Å². The van der Waals surface area contributed by atoms with Gasteiger partial charge in [0.15, 0.2) is 0 Å². The molecule has 4 nitrogen and oxygen atoms in total. The summed E-state index contributed by atoms with van der Waals surface area (Å²) in [4.78, 5) is 8.28. The molecule has 0 unspecified atom stereocenters. The summed E-state index contributed by atoms with van der Waals surface area (Å²) in [5, 5.41) is 12.2. The van der Waals surface area contributed by atoms with Crippen LogP contribution in [0.3, 0.4) is 0 Å². The predicted molar refractivity (Wildman–Crippen MR) is 54.0 cm³/mol. The molecule has 0 atom stereocenters. The lowest BCUT2D eigenvalue weighted by atomic mass is 10.1. The number of anilines is 1. The molecule has 1 aliphatic carbocycles. The molecule has 76 valence electrons. The summed E-state index contributed by atoms with van der Waals surface area (Å²) < 4.78 is 0. The number of nitrogens with one attached hydrogen (secondary N) is 1. The summed E-state index contributed by atoms with van der Waals surface area (Å²) in [5.74, 6) is 0.648. The predicted octanol–water partition coefficient (Wildman–Crippen LogP) is 0.969. The van der Waals surface area contributed by atoms with Gasteiger partial charge in [0.25, 0.3) is 0 Å². The Hall–Kier alpha value is -1.16. The molecule has 2 rings (SSSR count). The second kappa shape index (κ2) is 3.53. The van der Waals surface area contributed by atoms with E-state index in [0.717, 1.165) is 24.9 Å². The third-order valence-electron chi connectivity index (χ3n) is 2.69. The number of hydrogen-bond acceptors (Lipinski definition) is 4. The summed E-state index contributed by atoms with van der Waals surface area (Å²) in [6.07, 6.45) is 5.77. The van der Waals surface area contributed by atoms with Crippen molar-refractivity contribution >= 4 is 5.95 Å². The number of rotatable bonds is 4. The molecule has 14 heavy (non-hydrogen) atoms. The van der Waals surface area contributed by atoms with Crippen LogP contribution >= 0.6 is 0 Å². The van der Waals surface area contributed by atoms with E-state index in [2.05, 4.69) is 15.3 Å². The average Bonchev–Trinajstić information content (AvgIpc) is 2.98. The van der Waals surface area contributed by atoms with E-state index in [4.69, 9.17) is 5.11 Å². The molecule has 0 aliphatic heterocycles. The van der Waals surface area contributed by atoms with Crippen LogP contribution in [-0.2, 0) is 0 Å². The maximum absolute atomic E-state index is 9.10.